The average Bonchev–Trinajstić information content (AvgIpc) is 2.38. The van der Waals surface area contributed by atoms with Gasteiger partial charge in [-0.1, -0.05) is 12.1 Å². The molecule has 0 spiro atoms. The van der Waals surface area contributed by atoms with Crippen LogP contribution >= 0.6 is 27.7 Å². The lowest BCUT2D eigenvalue weighted by Gasteiger charge is -2.10. The van der Waals surface area contributed by atoms with Crippen LogP contribution < -0.4 is 5.73 Å². The second-order valence-electron chi connectivity index (χ2n) is 3.48. The van der Waals surface area contributed by atoms with Gasteiger partial charge in [0.15, 0.2) is 0 Å². The first-order valence-electron chi connectivity index (χ1n) is 5.16. The van der Waals surface area contributed by atoms with Crippen LogP contribution in [-0.4, -0.2) is 15.7 Å². The Hall–Kier alpha value is -0.910. The van der Waals surface area contributed by atoms with Gasteiger partial charge in [-0.05, 0) is 28.1 Å². The summed E-state index contributed by atoms with van der Waals surface area (Å²) < 4.78 is 1.09. The van der Waals surface area contributed by atoms with E-state index in [1.54, 1.807) is 30.4 Å². The van der Waals surface area contributed by atoms with Crippen LogP contribution in [0.5, 0.6) is 0 Å². The van der Waals surface area contributed by atoms with Gasteiger partial charge in [-0.3, -0.25) is 9.97 Å². The lowest BCUT2D eigenvalue weighted by atomic mass is 10.3. The number of hydrogen-bond acceptors (Lipinski definition) is 4. The van der Waals surface area contributed by atoms with E-state index < -0.39 is 0 Å². The molecule has 1 atom stereocenters. The highest BCUT2D eigenvalue weighted by Crippen LogP contribution is 2.29. The summed E-state index contributed by atoms with van der Waals surface area (Å²) in [7, 11) is 0. The van der Waals surface area contributed by atoms with Gasteiger partial charge >= 0.3 is 0 Å². The number of benzene rings is 1. The quantitative estimate of drug-likeness (QED) is 0.882. The molecule has 88 valence electrons. The molecule has 0 fully saturated rings. The maximum Gasteiger partial charge on any atom is 0.0762 e. The summed E-state index contributed by atoms with van der Waals surface area (Å²) in [5.74, 6) is 0.779. The summed E-state index contributed by atoms with van der Waals surface area (Å²) in [6.07, 6.45) is 5.03. The average molecular weight is 310 g/mol. The van der Waals surface area contributed by atoms with Crippen molar-refractivity contribution >= 4 is 27.7 Å². The Morgan fingerprint density at radius 2 is 2.12 bits per heavy atom. The minimum absolute atomic E-state index is 0.0965. The first-order valence-corrected chi connectivity index (χ1v) is 6.94. The Labute approximate surface area is 113 Å². The predicted octanol–water partition coefficient (Wildman–Crippen LogP) is 3.03. The van der Waals surface area contributed by atoms with E-state index in [9.17, 15) is 0 Å². The van der Waals surface area contributed by atoms with Crippen LogP contribution in [0.15, 0.2) is 52.2 Å². The Balaban J connectivity index is 1.97. The lowest BCUT2D eigenvalue weighted by Crippen LogP contribution is -2.14. The highest BCUT2D eigenvalue weighted by molar-refractivity contribution is 9.10. The van der Waals surface area contributed by atoms with E-state index in [-0.39, 0.29) is 6.04 Å². The van der Waals surface area contributed by atoms with Crippen LogP contribution in [0.3, 0.4) is 0 Å². The van der Waals surface area contributed by atoms with Gasteiger partial charge in [0, 0.05) is 33.7 Å². The molecule has 0 saturated heterocycles. The van der Waals surface area contributed by atoms with Gasteiger partial charge in [0.25, 0.3) is 0 Å². The van der Waals surface area contributed by atoms with Crippen LogP contribution in [0.1, 0.15) is 11.7 Å². The van der Waals surface area contributed by atoms with Crippen LogP contribution in [0, 0.1) is 0 Å². The summed E-state index contributed by atoms with van der Waals surface area (Å²) in [6, 6.07) is 8.01. The zero-order valence-electron chi connectivity index (χ0n) is 9.08. The van der Waals surface area contributed by atoms with Gasteiger partial charge in [0.2, 0.25) is 0 Å². The maximum atomic E-state index is 6.05. The molecule has 0 aliphatic rings. The van der Waals surface area contributed by atoms with Gasteiger partial charge in [-0.2, -0.15) is 0 Å². The molecule has 0 aliphatic heterocycles. The van der Waals surface area contributed by atoms with E-state index in [1.165, 1.54) is 4.90 Å². The van der Waals surface area contributed by atoms with Crippen molar-refractivity contribution in [1.82, 2.24) is 9.97 Å². The van der Waals surface area contributed by atoms with Crippen molar-refractivity contribution in [1.29, 1.82) is 0 Å². The number of halogens is 1. The smallest absolute Gasteiger partial charge is 0.0762 e. The summed E-state index contributed by atoms with van der Waals surface area (Å²) in [5.41, 5.74) is 6.88. The largest absolute Gasteiger partial charge is 0.322 e. The number of rotatable bonds is 4. The molecule has 2 aromatic rings. The molecular formula is C12H12BrN3S. The highest BCUT2D eigenvalue weighted by atomic mass is 79.9. The Morgan fingerprint density at radius 1 is 1.29 bits per heavy atom. The molecule has 1 heterocycles. The molecule has 3 nitrogen and oxygen atoms in total. The van der Waals surface area contributed by atoms with Crippen molar-refractivity contribution in [2.75, 3.05) is 5.75 Å². The lowest BCUT2D eigenvalue weighted by molar-refractivity contribution is 0.783. The van der Waals surface area contributed by atoms with Crippen molar-refractivity contribution in [2.45, 2.75) is 10.9 Å². The minimum atomic E-state index is -0.0965. The Bertz CT molecular complexity index is 478. The van der Waals surface area contributed by atoms with Crippen LogP contribution in [0.2, 0.25) is 0 Å². The highest BCUT2D eigenvalue weighted by Gasteiger charge is 2.09. The molecule has 0 saturated carbocycles. The predicted molar refractivity (Wildman–Crippen MR) is 73.8 cm³/mol. The molecule has 1 unspecified atom stereocenters. The van der Waals surface area contributed by atoms with Gasteiger partial charge in [-0.15, -0.1) is 11.8 Å². The normalized spacial score (nSPS) is 12.4. The van der Waals surface area contributed by atoms with Crippen molar-refractivity contribution < 1.29 is 0 Å². The van der Waals surface area contributed by atoms with Gasteiger partial charge in [0.05, 0.1) is 11.7 Å². The Kier molecular flexibility index (Phi) is 4.53. The number of thioether (sulfide) groups is 1. The molecule has 0 bridgehead atoms. The van der Waals surface area contributed by atoms with Crippen LogP contribution in [-0.2, 0) is 0 Å². The van der Waals surface area contributed by atoms with Gasteiger partial charge in [-0.25, -0.2) is 0 Å². The maximum absolute atomic E-state index is 6.05. The van der Waals surface area contributed by atoms with E-state index >= 15 is 0 Å². The van der Waals surface area contributed by atoms with Gasteiger partial charge in [0.1, 0.15) is 0 Å². The third-order valence-electron chi connectivity index (χ3n) is 2.22. The monoisotopic (exact) mass is 309 g/mol. The topological polar surface area (TPSA) is 51.8 Å². The second-order valence-corrected chi connectivity index (χ2v) is 5.39. The molecule has 2 N–H and O–H groups in total. The summed E-state index contributed by atoms with van der Waals surface area (Å²) in [4.78, 5) is 9.40. The van der Waals surface area contributed by atoms with E-state index in [0.717, 1.165) is 15.9 Å². The minimum Gasteiger partial charge on any atom is -0.322 e. The molecule has 1 aromatic carbocycles. The van der Waals surface area contributed by atoms with Crippen LogP contribution in [0.4, 0.5) is 0 Å². The number of nitrogens with zero attached hydrogens (tertiary/aromatic N) is 2. The van der Waals surface area contributed by atoms with Crippen molar-refractivity contribution in [3.05, 3.63) is 53.0 Å². The van der Waals surface area contributed by atoms with Gasteiger partial charge < -0.3 is 5.73 Å². The van der Waals surface area contributed by atoms with Crippen molar-refractivity contribution in [2.24, 2.45) is 5.73 Å². The third kappa shape index (κ3) is 3.52. The molecule has 1 aromatic heterocycles. The standard InChI is InChI=1S/C12H12BrN3S/c13-9-3-1-2-4-12(9)17-8-10(14)11-7-15-5-6-16-11/h1-7,10H,8,14H2. The van der Waals surface area contributed by atoms with Crippen molar-refractivity contribution in [3.8, 4) is 0 Å². The fourth-order valence-corrected chi connectivity index (χ4v) is 2.87. The molecule has 17 heavy (non-hydrogen) atoms. The second kappa shape index (κ2) is 6.14. The number of nitrogens with two attached hydrogens (primary N) is 1. The molecule has 0 radical (unpaired) electrons. The molecule has 2 rings (SSSR count). The zero-order chi connectivity index (χ0) is 12.1. The SMILES string of the molecule is NC(CSc1ccccc1Br)c1cnccn1. The summed E-state index contributed by atoms with van der Waals surface area (Å²) in [6.45, 7) is 0. The van der Waals surface area contributed by atoms with E-state index in [2.05, 4.69) is 32.0 Å². The Morgan fingerprint density at radius 3 is 2.82 bits per heavy atom. The van der Waals surface area contributed by atoms with Crippen molar-refractivity contribution in [3.63, 3.8) is 0 Å². The first kappa shape index (κ1) is 12.5. The van der Waals surface area contributed by atoms with E-state index in [0.29, 0.717) is 0 Å². The molecule has 0 amide bonds. The molecule has 5 heteroatoms. The summed E-state index contributed by atoms with van der Waals surface area (Å²) in [5, 5.41) is 0. The summed E-state index contributed by atoms with van der Waals surface area (Å²) >= 11 is 5.22. The number of hydrogen-bond donors (Lipinski definition) is 1. The fraction of sp³-hybridized carbons (Fsp3) is 0.167. The zero-order valence-corrected chi connectivity index (χ0v) is 11.5. The molecule has 0 aliphatic carbocycles. The van der Waals surface area contributed by atoms with Crippen LogP contribution in [0.25, 0.3) is 0 Å². The molecular weight excluding hydrogens is 298 g/mol. The third-order valence-corrected chi connectivity index (χ3v) is 4.36. The van der Waals surface area contributed by atoms with E-state index in [4.69, 9.17) is 5.73 Å². The fourth-order valence-electron chi connectivity index (χ4n) is 1.33. The number of aromatic nitrogens is 2. The van der Waals surface area contributed by atoms with E-state index in [1.807, 2.05) is 18.2 Å². The first-order chi connectivity index (χ1) is 8.27.